The molecule has 0 aliphatic heterocycles. The summed E-state index contributed by atoms with van der Waals surface area (Å²) in [6.07, 6.45) is 6.08. The minimum atomic E-state index is -0.942. The SMILES string of the molecule is CCOC(=O)c1c(NC(=O)C(=O)N/N=C/c2ccc(OCc3ccc(Cl)cc3)cc2)sc2c1CCCCC2. The number of esters is 1. The highest BCUT2D eigenvalue weighted by Crippen LogP contribution is 2.38. The minimum absolute atomic E-state index is 0.224. The minimum Gasteiger partial charge on any atom is -0.489 e. The van der Waals surface area contributed by atoms with E-state index in [1.165, 1.54) is 17.6 Å². The number of anilines is 1. The lowest BCUT2D eigenvalue weighted by molar-refractivity contribution is -0.136. The third kappa shape index (κ3) is 7.20. The number of ether oxygens (including phenoxy) is 2. The Kier molecular flexibility index (Phi) is 9.51. The van der Waals surface area contributed by atoms with E-state index in [-0.39, 0.29) is 6.61 Å². The Morgan fingerprint density at radius 3 is 2.47 bits per heavy atom. The summed E-state index contributed by atoms with van der Waals surface area (Å²) >= 11 is 7.23. The van der Waals surface area contributed by atoms with Gasteiger partial charge in [-0.05, 0) is 85.7 Å². The van der Waals surface area contributed by atoms with Crippen LogP contribution in [0.25, 0.3) is 0 Å². The van der Waals surface area contributed by atoms with E-state index in [2.05, 4.69) is 15.8 Å². The predicted molar refractivity (Wildman–Crippen MR) is 148 cm³/mol. The third-order valence-electron chi connectivity index (χ3n) is 5.91. The number of hydrogen-bond donors (Lipinski definition) is 2. The van der Waals surface area contributed by atoms with Crippen molar-refractivity contribution in [2.75, 3.05) is 11.9 Å². The van der Waals surface area contributed by atoms with Crippen molar-refractivity contribution in [1.82, 2.24) is 5.43 Å². The van der Waals surface area contributed by atoms with E-state index in [0.717, 1.165) is 48.1 Å². The average Bonchev–Trinajstić information content (AvgIpc) is 3.09. The first kappa shape index (κ1) is 27.3. The van der Waals surface area contributed by atoms with Crippen molar-refractivity contribution in [3.63, 3.8) is 0 Å². The molecule has 0 radical (unpaired) electrons. The molecule has 0 unspecified atom stereocenters. The Balaban J connectivity index is 1.32. The molecule has 1 aliphatic carbocycles. The van der Waals surface area contributed by atoms with Crippen molar-refractivity contribution in [3.8, 4) is 5.75 Å². The zero-order valence-corrected chi connectivity index (χ0v) is 22.5. The number of nitrogens with zero attached hydrogens (tertiary/aromatic N) is 1. The van der Waals surface area contributed by atoms with Gasteiger partial charge in [0.05, 0.1) is 18.4 Å². The first-order valence-corrected chi connectivity index (χ1v) is 13.6. The first-order chi connectivity index (χ1) is 18.4. The molecule has 10 heteroatoms. The number of halogens is 1. The fraction of sp³-hybridized carbons (Fsp3) is 0.286. The lowest BCUT2D eigenvalue weighted by Crippen LogP contribution is -2.32. The van der Waals surface area contributed by atoms with Gasteiger partial charge < -0.3 is 14.8 Å². The maximum absolute atomic E-state index is 12.6. The van der Waals surface area contributed by atoms with Gasteiger partial charge >= 0.3 is 17.8 Å². The van der Waals surface area contributed by atoms with E-state index in [4.69, 9.17) is 21.1 Å². The van der Waals surface area contributed by atoms with E-state index < -0.39 is 17.8 Å². The normalized spacial score (nSPS) is 12.9. The number of nitrogens with one attached hydrogen (secondary N) is 2. The van der Waals surface area contributed by atoms with Crippen LogP contribution in [0, 0.1) is 0 Å². The monoisotopic (exact) mass is 553 g/mol. The molecule has 0 bridgehead atoms. The average molecular weight is 554 g/mol. The van der Waals surface area contributed by atoms with Gasteiger partial charge in [-0.15, -0.1) is 11.3 Å². The Labute approximate surface area is 230 Å². The molecular formula is C28H28ClN3O5S. The summed E-state index contributed by atoms with van der Waals surface area (Å²) in [5.41, 5.74) is 5.20. The molecule has 38 heavy (non-hydrogen) atoms. The van der Waals surface area contributed by atoms with Crippen molar-refractivity contribution in [2.24, 2.45) is 5.10 Å². The summed E-state index contributed by atoms with van der Waals surface area (Å²) in [5.74, 6) is -1.66. The fourth-order valence-corrected chi connectivity index (χ4v) is 5.42. The van der Waals surface area contributed by atoms with Crippen LogP contribution in [0.2, 0.25) is 5.02 Å². The molecule has 198 valence electrons. The Hall–Kier alpha value is -3.69. The van der Waals surface area contributed by atoms with Gasteiger partial charge in [0.1, 0.15) is 17.4 Å². The zero-order chi connectivity index (χ0) is 26.9. The van der Waals surface area contributed by atoms with E-state index in [1.54, 1.807) is 31.2 Å². The molecule has 1 aliphatic rings. The molecule has 4 rings (SSSR count). The quantitative estimate of drug-likeness (QED) is 0.126. The standard InChI is InChI=1S/C28H28ClN3O5S/c1-2-36-28(35)24-22-6-4-3-5-7-23(22)38-27(24)31-25(33)26(34)32-30-16-18-10-14-21(15-11-18)37-17-19-8-12-20(29)13-9-19/h8-16H,2-7,17H2,1H3,(H,31,33)(H,32,34)/b30-16+. The van der Waals surface area contributed by atoms with Crippen molar-refractivity contribution < 1.29 is 23.9 Å². The van der Waals surface area contributed by atoms with Gasteiger partial charge in [-0.3, -0.25) is 9.59 Å². The molecule has 0 spiro atoms. The lowest BCUT2D eigenvalue weighted by Gasteiger charge is -2.08. The molecule has 0 atom stereocenters. The van der Waals surface area contributed by atoms with Crippen LogP contribution in [0.4, 0.5) is 5.00 Å². The number of aryl methyl sites for hydroxylation is 1. The maximum atomic E-state index is 12.6. The maximum Gasteiger partial charge on any atom is 0.341 e. The lowest BCUT2D eigenvalue weighted by atomic mass is 10.1. The van der Waals surface area contributed by atoms with E-state index >= 15 is 0 Å². The van der Waals surface area contributed by atoms with Crippen molar-refractivity contribution in [1.29, 1.82) is 0 Å². The molecular weight excluding hydrogens is 526 g/mol. The second-order valence-electron chi connectivity index (χ2n) is 8.63. The number of amides is 2. The Morgan fingerprint density at radius 2 is 1.74 bits per heavy atom. The molecule has 8 nitrogen and oxygen atoms in total. The van der Waals surface area contributed by atoms with Gasteiger partial charge in [0.25, 0.3) is 0 Å². The van der Waals surface area contributed by atoms with E-state index in [9.17, 15) is 14.4 Å². The van der Waals surface area contributed by atoms with Crippen LogP contribution in [0.1, 0.15) is 58.1 Å². The molecule has 2 N–H and O–H groups in total. The number of carbonyl (C=O) groups is 3. The summed E-state index contributed by atoms with van der Waals surface area (Å²) in [4.78, 5) is 38.6. The summed E-state index contributed by atoms with van der Waals surface area (Å²) in [5, 5.41) is 7.47. The highest BCUT2D eigenvalue weighted by atomic mass is 35.5. The second-order valence-corrected chi connectivity index (χ2v) is 10.2. The molecule has 0 saturated heterocycles. The molecule has 0 saturated carbocycles. The number of rotatable bonds is 8. The van der Waals surface area contributed by atoms with E-state index in [1.807, 2.05) is 24.3 Å². The molecule has 2 aromatic carbocycles. The number of thiophene rings is 1. The van der Waals surface area contributed by atoms with Gasteiger partial charge in [0, 0.05) is 9.90 Å². The highest BCUT2D eigenvalue weighted by Gasteiger charge is 2.27. The molecule has 1 heterocycles. The van der Waals surface area contributed by atoms with Crippen LogP contribution in [0.15, 0.2) is 53.6 Å². The number of carbonyl (C=O) groups excluding carboxylic acids is 3. The van der Waals surface area contributed by atoms with Gasteiger partial charge in [-0.1, -0.05) is 30.2 Å². The summed E-state index contributed by atoms with van der Waals surface area (Å²) in [7, 11) is 0. The van der Waals surface area contributed by atoms with Gasteiger partial charge in [-0.2, -0.15) is 5.10 Å². The number of fused-ring (bicyclic) bond motifs is 1. The van der Waals surface area contributed by atoms with Gasteiger partial charge in [0.2, 0.25) is 0 Å². The summed E-state index contributed by atoms with van der Waals surface area (Å²) in [6.45, 7) is 2.36. The van der Waals surface area contributed by atoms with Crippen LogP contribution in [0.5, 0.6) is 5.75 Å². The molecule has 1 aromatic heterocycles. The van der Waals surface area contributed by atoms with Crippen molar-refractivity contribution in [2.45, 2.75) is 45.6 Å². The summed E-state index contributed by atoms with van der Waals surface area (Å²) in [6, 6.07) is 14.5. The topological polar surface area (TPSA) is 106 Å². The fourth-order valence-electron chi connectivity index (χ4n) is 4.02. The van der Waals surface area contributed by atoms with Gasteiger partial charge in [0.15, 0.2) is 0 Å². The second kappa shape index (κ2) is 13.2. The summed E-state index contributed by atoms with van der Waals surface area (Å²) < 4.78 is 11.0. The number of benzene rings is 2. The predicted octanol–water partition coefficient (Wildman–Crippen LogP) is 5.51. The number of hydrogen-bond acceptors (Lipinski definition) is 7. The number of hydrazone groups is 1. The van der Waals surface area contributed by atoms with Crippen molar-refractivity contribution in [3.05, 3.63) is 80.7 Å². The van der Waals surface area contributed by atoms with Crippen LogP contribution >= 0.6 is 22.9 Å². The van der Waals surface area contributed by atoms with Crippen LogP contribution in [-0.4, -0.2) is 30.6 Å². The molecule has 3 aromatic rings. The van der Waals surface area contributed by atoms with E-state index in [0.29, 0.717) is 33.5 Å². The van der Waals surface area contributed by atoms with Crippen LogP contribution < -0.4 is 15.5 Å². The Morgan fingerprint density at radius 1 is 1.00 bits per heavy atom. The largest absolute Gasteiger partial charge is 0.489 e. The highest BCUT2D eigenvalue weighted by molar-refractivity contribution is 7.17. The van der Waals surface area contributed by atoms with Gasteiger partial charge in [-0.25, -0.2) is 10.2 Å². The smallest absolute Gasteiger partial charge is 0.341 e. The van der Waals surface area contributed by atoms with Crippen LogP contribution in [0.3, 0.4) is 0 Å². The molecule has 0 fully saturated rings. The first-order valence-electron chi connectivity index (χ1n) is 12.4. The Bertz CT molecular complexity index is 1320. The van der Waals surface area contributed by atoms with Crippen LogP contribution in [-0.2, 0) is 33.8 Å². The third-order valence-corrected chi connectivity index (χ3v) is 7.37. The molecule has 2 amide bonds. The van der Waals surface area contributed by atoms with Crippen molar-refractivity contribution >= 4 is 51.9 Å². The zero-order valence-electron chi connectivity index (χ0n) is 20.9.